The third-order valence-electron chi connectivity index (χ3n) is 2.38. The SMILES string of the molecule is COCCC(C)NC(C)C(C)OC. The van der Waals surface area contributed by atoms with E-state index >= 15 is 0 Å². The van der Waals surface area contributed by atoms with Crippen LogP contribution >= 0.6 is 0 Å². The van der Waals surface area contributed by atoms with Crippen LogP contribution in [0.25, 0.3) is 0 Å². The van der Waals surface area contributed by atoms with Crippen molar-refractivity contribution in [2.24, 2.45) is 0 Å². The zero-order valence-corrected chi connectivity index (χ0v) is 9.46. The quantitative estimate of drug-likeness (QED) is 0.657. The van der Waals surface area contributed by atoms with Gasteiger partial charge in [0, 0.05) is 32.9 Å². The molecule has 1 N–H and O–H groups in total. The van der Waals surface area contributed by atoms with Crippen molar-refractivity contribution < 1.29 is 9.47 Å². The van der Waals surface area contributed by atoms with Crippen molar-refractivity contribution in [2.75, 3.05) is 20.8 Å². The van der Waals surface area contributed by atoms with Crippen LogP contribution in [0.2, 0.25) is 0 Å². The topological polar surface area (TPSA) is 30.5 Å². The minimum Gasteiger partial charge on any atom is -0.385 e. The van der Waals surface area contributed by atoms with E-state index in [1.165, 1.54) is 0 Å². The molecule has 0 bridgehead atoms. The zero-order valence-electron chi connectivity index (χ0n) is 9.46. The molecule has 0 aromatic heterocycles. The third kappa shape index (κ3) is 6.02. The van der Waals surface area contributed by atoms with E-state index in [0.717, 1.165) is 13.0 Å². The van der Waals surface area contributed by atoms with Gasteiger partial charge in [-0.15, -0.1) is 0 Å². The number of rotatable bonds is 7. The molecule has 0 aliphatic carbocycles. The normalized spacial score (nSPS) is 18.2. The van der Waals surface area contributed by atoms with Crippen molar-refractivity contribution in [3.63, 3.8) is 0 Å². The van der Waals surface area contributed by atoms with Crippen LogP contribution in [-0.4, -0.2) is 39.0 Å². The van der Waals surface area contributed by atoms with Gasteiger partial charge in [0.15, 0.2) is 0 Å². The van der Waals surface area contributed by atoms with Crippen LogP contribution in [0, 0.1) is 0 Å². The maximum Gasteiger partial charge on any atom is 0.0693 e. The summed E-state index contributed by atoms with van der Waals surface area (Å²) < 4.78 is 10.2. The van der Waals surface area contributed by atoms with Gasteiger partial charge in [-0.25, -0.2) is 0 Å². The zero-order chi connectivity index (χ0) is 10.3. The van der Waals surface area contributed by atoms with E-state index in [-0.39, 0.29) is 6.10 Å². The van der Waals surface area contributed by atoms with Gasteiger partial charge < -0.3 is 14.8 Å². The monoisotopic (exact) mass is 189 g/mol. The Bertz CT molecular complexity index is 119. The highest BCUT2D eigenvalue weighted by molar-refractivity contribution is 4.72. The van der Waals surface area contributed by atoms with Gasteiger partial charge >= 0.3 is 0 Å². The van der Waals surface area contributed by atoms with Gasteiger partial charge in [-0.05, 0) is 27.2 Å². The predicted molar refractivity (Wildman–Crippen MR) is 55.0 cm³/mol. The fourth-order valence-corrected chi connectivity index (χ4v) is 1.17. The second-order valence-electron chi connectivity index (χ2n) is 3.58. The first kappa shape index (κ1) is 12.9. The van der Waals surface area contributed by atoms with Crippen LogP contribution in [0.3, 0.4) is 0 Å². The van der Waals surface area contributed by atoms with Gasteiger partial charge in [0.1, 0.15) is 0 Å². The molecule has 0 spiro atoms. The van der Waals surface area contributed by atoms with Crippen LogP contribution in [0.5, 0.6) is 0 Å². The second kappa shape index (κ2) is 7.30. The van der Waals surface area contributed by atoms with E-state index in [9.17, 15) is 0 Å². The van der Waals surface area contributed by atoms with Crippen molar-refractivity contribution in [3.05, 3.63) is 0 Å². The first-order chi connectivity index (χ1) is 6.11. The van der Waals surface area contributed by atoms with E-state index in [1.54, 1.807) is 14.2 Å². The lowest BCUT2D eigenvalue weighted by Gasteiger charge is -2.24. The summed E-state index contributed by atoms with van der Waals surface area (Å²) in [7, 11) is 3.47. The maximum atomic E-state index is 5.22. The summed E-state index contributed by atoms with van der Waals surface area (Å²) in [6.45, 7) is 7.18. The molecule has 0 amide bonds. The first-order valence-corrected chi connectivity index (χ1v) is 4.89. The van der Waals surface area contributed by atoms with Crippen LogP contribution in [0.4, 0.5) is 0 Å². The van der Waals surface area contributed by atoms with Gasteiger partial charge in [-0.1, -0.05) is 0 Å². The Morgan fingerprint density at radius 1 is 1.15 bits per heavy atom. The minimum absolute atomic E-state index is 0.255. The number of methoxy groups -OCH3 is 2. The molecule has 3 atom stereocenters. The molecule has 0 saturated carbocycles. The largest absolute Gasteiger partial charge is 0.385 e. The van der Waals surface area contributed by atoms with Crippen molar-refractivity contribution >= 4 is 0 Å². The van der Waals surface area contributed by atoms with Crippen molar-refractivity contribution in [2.45, 2.75) is 45.4 Å². The van der Waals surface area contributed by atoms with Crippen LogP contribution < -0.4 is 5.32 Å². The summed E-state index contributed by atoms with van der Waals surface area (Å²) >= 11 is 0. The summed E-state index contributed by atoms with van der Waals surface area (Å²) in [5, 5.41) is 3.46. The molecular formula is C10H23NO2. The molecule has 0 saturated heterocycles. The van der Waals surface area contributed by atoms with E-state index in [2.05, 4.69) is 26.1 Å². The minimum atomic E-state index is 0.255. The molecule has 3 heteroatoms. The molecule has 0 aromatic carbocycles. The van der Waals surface area contributed by atoms with Crippen LogP contribution in [-0.2, 0) is 9.47 Å². The van der Waals surface area contributed by atoms with E-state index in [0.29, 0.717) is 12.1 Å². The Balaban J connectivity index is 3.57. The molecule has 0 aliphatic heterocycles. The van der Waals surface area contributed by atoms with Crippen LogP contribution in [0.1, 0.15) is 27.2 Å². The van der Waals surface area contributed by atoms with Gasteiger partial charge in [-0.2, -0.15) is 0 Å². The highest BCUT2D eigenvalue weighted by Crippen LogP contribution is 2.00. The number of hydrogen-bond donors (Lipinski definition) is 1. The van der Waals surface area contributed by atoms with Crippen molar-refractivity contribution in [1.29, 1.82) is 0 Å². The van der Waals surface area contributed by atoms with Gasteiger partial charge in [0.25, 0.3) is 0 Å². The fraction of sp³-hybridized carbons (Fsp3) is 1.00. The van der Waals surface area contributed by atoms with E-state index in [1.807, 2.05) is 0 Å². The van der Waals surface area contributed by atoms with Gasteiger partial charge in [0.05, 0.1) is 6.10 Å². The smallest absolute Gasteiger partial charge is 0.0693 e. The third-order valence-corrected chi connectivity index (χ3v) is 2.38. The molecule has 3 unspecified atom stereocenters. The lowest BCUT2D eigenvalue weighted by Crippen LogP contribution is -2.42. The highest BCUT2D eigenvalue weighted by atomic mass is 16.5. The highest BCUT2D eigenvalue weighted by Gasteiger charge is 2.13. The fourth-order valence-electron chi connectivity index (χ4n) is 1.17. The lowest BCUT2D eigenvalue weighted by molar-refractivity contribution is 0.0826. The Hall–Kier alpha value is -0.120. The van der Waals surface area contributed by atoms with Crippen molar-refractivity contribution in [3.8, 4) is 0 Å². The summed E-state index contributed by atoms with van der Waals surface area (Å²) in [5.74, 6) is 0. The summed E-state index contributed by atoms with van der Waals surface area (Å²) in [6, 6.07) is 0.865. The van der Waals surface area contributed by atoms with Crippen molar-refractivity contribution in [1.82, 2.24) is 5.32 Å². The Kier molecular flexibility index (Phi) is 7.23. The Morgan fingerprint density at radius 3 is 2.23 bits per heavy atom. The van der Waals surface area contributed by atoms with Gasteiger partial charge in [-0.3, -0.25) is 0 Å². The molecule has 0 rings (SSSR count). The Labute approximate surface area is 81.8 Å². The molecule has 0 aliphatic rings. The number of nitrogens with one attached hydrogen (secondary N) is 1. The lowest BCUT2D eigenvalue weighted by atomic mass is 10.1. The maximum absolute atomic E-state index is 5.22. The van der Waals surface area contributed by atoms with E-state index < -0.39 is 0 Å². The van der Waals surface area contributed by atoms with Crippen LogP contribution in [0.15, 0.2) is 0 Å². The second-order valence-corrected chi connectivity index (χ2v) is 3.58. The molecule has 80 valence electrons. The summed E-state index contributed by atoms with van der Waals surface area (Å²) in [6.07, 6.45) is 1.29. The summed E-state index contributed by atoms with van der Waals surface area (Å²) in [5.41, 5.74) is 0. The standard InChI is InChI=1S/C10H23NO2/c1-8(6-7-12-4)11-9(2)10(3)13-5/h8-11H,6-7H2,1-5H3. The number of ether oxygens (including phenoxy) is 2. The first-order valence-electron chi connectivity index (χ1n) is 4.89. The molecule has 0 aromatic rings. The van der Waals surface area contributed by atoms with Gasteiger partial charge in [0.2, 0.25) is 0 Å². The predicted octanol–water partition coefficient (Wildman–Crippen LogP) is 1.42. The number of hydrogen-bond acceptors (Lipinski definition) is 3. The molecule has 0 radical (unpaired) electrons. The molecule has 0 fully saturated rings. The molecule has 0 heterocycles. The van der Waals surface area contributed by atoms with E-state index in [4.69, 9.17) is 9.47 Å². The molecule has 13 heavy (non-hydrogen) atoms. The average molecular weight is 189 g/mol. The summed E-state index contributed by atoms with van der Waals surface area (Å²) in [4.78, 5) is 0. The average Bonchev–Trinajstić information content (AvgIpc) is 2.13. The molecular weight excluding hydrogens is 166 g/mol. The molecule has 3 nitrogen and oxygen atoms in total. The Morgan fingerprint density at radius 2 is 1.77 bits per heavy atom.